The Labute approximate surface area is 144 Å². The summed E-state index contributed by atoms with van der Waals surface area (Å²) in [6.07, 6.45) is 15.5. The molecule has 0 radical (unpaired) electrons. The molecule has 0 rings (SSSR count). The summed E-state index contributed by atoms with van der Waals surface area (Å²) in [5, 5.41) is 3.44. The van der Waals surface area contributed by atoms with Crippen LogP contribution in [0.4, 0.5) is 0 Å². The first-order valence-electron chi connectivity index (χ1n) is 9.68. The van der Waals surface area contributed by atoms with E-state index in [1.807, 2.05) is 0 Å². The van der Waals surface area contributed by atoms with Crippen LogP contribution in [0.1, 0.15) is 97.3 Å². The highest BCUT2D eigenvalue weighted by molar-refractivity contribution is 7.85. The van der Waals surface area contributed by atoms with Crippen molar-refractivity contribution in [2.75, 3.05) is 12.3 Å². The molecule has 0 bridgehead atoms. The topological polar surface area (TPSA) is 66.4 Å². The van der Waals surface area contributed by atoms with Crippen molar-refractivity contribution >= 4 is 10.1 Å². The van der Waals surface area contributed by atoms with Crippen molar-refractivity contribution in [2.45, 2.75) is 103 Å². The predicted octanol–water partition coefficient (Wildman–Crippen LogP) is 4.94. The Morgan fingerprint density at radius 2 is 1.30 bits per heavy atom. The third-order valence-corrected chi connectivity index (χ3v) is 5.10. The Hall–Kier alpha value is -0.130. The summed E-state index contributed by atoms with van der Waals surface area (Å²) in [5.74, 6) is -0.131. The van der Waals surface area contributed by atoms with Gasteiger partial charge in [-0.15, -0.1) is 0 Å². The number of hydrogen-bond acceptors (Lipinski definition) is 3. The third kappa shape index (κ3) is 18.1. The van der Waals surface area contributed by atoms with Crippen molar-refractivity contribution in [3.8, 4) is 0 Å². The standard InChI is InChI=1S/C18H39NO3S/c1-3-5-7-8-9-10-11-12-13-14-18(19-16-6-4-2)15-17-23(20,21)22/h18-19H,3-17H2,1-2H3,(H,20,21,22). The fourth-order valence-corrected chi connectivity index (χ4v) is 3.41. The number of unbranched alkanes of at least 4 members (excludes halogenated alkanes) is 9. The van der Waals surface area contributed by atoms with Crippen LogP contribution in [0.2, 0.25) is 0 Å². The Bertz CT molecular complexity index is 344. The minimum absolute atomic E-state index is 0.131. The zero-order valence-corrected chi connectivity index (χ0v) is 16.2. The van der Waals surface area contributed by atoms with Crippen LogP contribution < -0.4 is 5.32 Å². The Kier molecular flexibility index (Phi) is 15.3. The highest BCUT2D eigenvalue weighted by Gasteiger charge is 2.12. The second-order valence-corrected chi connectivity index (χ2v) is 8.27. The zero-order valence-electron chi connectivity index (χ0n) is 15.4. The molecule has 0 aliphatic heterocycles. The monoisotopic (exact) mass is 349 g/mol. The lowest BCUT2D eigenvalue weighted by Crippen LogP contribution is -2.32. The molecule has 0 aromatic rings. The molecular formula is C18H39NO3S. The van der Waals surface area contributed by atoms with Gasteiger partial charge in [0.2, 0.25) is 0 Å². The van der Waals surface area contributed by atoms with Crippen LogP contribution in [0.5, 0.6) is 0 Å². The van der Waals surface area contributed by atoms with E-state index in [0.29, 0.717) is 6.42 Å². The molecule has 4 nitrogen and oxygen atoms in total. The van der Waals surface area contributed by atoms with E-state index < -0.39 is 10.1 Å². The number of nitrogens with one attached hydrogen (secondary N) is 1. The molecule has 0 aromatic carbocycles. The van der Waals surface area contributed by atoms with Gasteiger partial charge in [-0.25, -0.2) is 0 Å². The minimum Gasteiger partial charge on any atom is -0.314 e. The zero-order chi connectivity index (χ0) is 17.4. The van der Waals surface area contributed by atoms with Gasteiger partial charge in [-0.2, -0.15) is 8.42 Å². The number of rotatable bonds is 17. The van der Waals surface area contributed by atoms with E-state index in [1.165, 1.54) is 51.4 Å². The lowest BCUT2D eigenvalue weighted by molar-refractivity contribution is 0.426. The second-order valence-electron chi connectivity index (χ2n) is 6.70. The van der Waals surface area contributed by atoms with Crippen molar-refractivity contribution in [2.24, 2.45) is 0 Å². The van der Waals surface area contributed by atoms with E-state index in [1.54, 1.807) is 0 Å². The van der Waals surface area contributed by atoms with Crippen LogP contribution in [0.15, 0.2) is 0 Å². The van der Waals surface area contributed by atoms with Gasteiger partial charge in [0.15, 0.2) is 0 Å². The van der Waals surface area contributed by atoms with Crippen LogP contribution in [0, 0.1) is 0 Å². The molecule has 0 aliphatic rings. The van der Waals surface area contributed by atoms with Gasteiger partial charge < -0.3 is 5.32 Å². The van der Waals surface area contributed by atoms with Crippen molar-refractivity contribution in [3.63, 3.8) is 0 Å². The molecule has 23 heavy (non-hydrogen) atoms. The Balaban J connectivity index is 3.73. The molecule has 0 aromatic heterocycles. The molecule has 0 saturated carbocycles. The van der Waals surface area contributed by atoms with Gasteiger partial charge in [-0.05, 0) is 25.8 Å². The van der Waals surface area contributed by atoms with E-state index in [4.69, 9.17) is 4.55 Å². The quantitative estimate of drug-likeness (QED) is 0.288. The highest BCUT2D eigenvalue weighted by atomic mass is 32.2. The molecule has 0 aliphatic carbocycles. The summed E-state index contributed by atoms with van der Waals surface area (Å²) in [4.78, 5) is 0. The molecular weight excluding hydrogens is 310 g/mol. The maximum atomic E-state index is 10.9. The van der Waals surface area contributed by atoms with Gasteiger partial charge in [0.05, 0.1) is 5.75 Å². The Morgan fingerprint density at radius 3 is 1.83 bits per heavy atom. The van der Waals surface area contributed by atoms with Crippen molar-refractivity contribution in [3.05, 3.63) is 0 Å². The maximum Gasteiger partial charge on any atom is 0.264 e. The summed E-state index contributed by atoms with van der Waals surface area (Å²) in [7, 11) is -3.84. The lowest BCUT2D eigenvalue weighted by Gasteiger charge is -2.18. The van der Waals surface area contributed by atoms with Gasteiger partial charge >= 0.3 is 0 Å². The van der Waals surface area contributed by atoms with Crippen LogP contribution in [-0.4, -0.2) is 31.3 Å². The van der Waals surface area contributed by atoms with Crippen LogP contribution >= 0.6 is 0 Å². The molecule has 5 heteroatoms. The van der Waals surface area contributed by atoms with E-state index in [9.17, 15) is 8.42 Å². The average Bonchev–Trinajstić information content (AvgIpc) is 2.49. The van der Waals surface area contributed by atoms with Gasteiger partial charge in [0.25, 0.3) is 10.1 Å². The van der Waals surface area contributed by atoms with E-state index in [2.05, 4.69) is 19.2 Å². The largest absolute Gasteiger partial charge is 0.314 e. The fourth-order valence-electron chi connectivity index (χ4n) is 2.82. The molecule has 0 amide bonds. The second kappa shape index (κ2) is 15.4. The first-order chi connectivity index (χ1) is 11.0. The molecule has 1 unspecified atom stereocenters. The van der Waals surface area contributed by atoms with Crippen LogP contribution in [0.25, 0.3) is 0 Å². The molecule has 140 valence electrons. The van der Waals surface area contributed by atoms with E-state index in [-0.39, 0.29) is 11.8 Å². The SMILES string of the molecule is CCCCCCCCCCCC(CCS(=O)(=O)O)NCCCC. The molecule has 0 fully saturated rings. The summed E-state index contributed by atoms with van der Waals surface area (Å²) in [6, 6.07) is 0.216. The Morgan fingerprint density at radius 1 is 0.783 bits per heavy atom. The number of hydrogen-bond donors (Lipinski definition) is 2. The summed E-state index contributed by atoms with van der Waals surface area (Å²) < 4.78 is 30.7. The van der Waals surface area contributed by atoms with Gasteiger partial charge in [-0.3, -0.25) is 4.55 Å². The van der Waals surface area contributed by atoms with Crippen molar-refractivity contribution < 1.29 is 13.0 Å². The van der Waals surface area contributed by atoms with E-state index >= 15 is 0 Å². The molecule has 0 heterocycles. The summed E-state index contributed by atoms with van der Waals surface area (Å²) >= 11 is 0. The van der Waals surface area contributed by atoms with Crippen molar-refractivity contribution in [1.29, 1.82) is 0 Å². The minimum atomic E-state index is -3.84. The lowest BCUT2D eigenvalue weighted by atomic mass is 10.0. The first-order valence-corrected chi connectivity index (χ1v) is 11.3. The maximum absolute atomic E-state index is 10.9. The molecule has 0 saturated heterocycles. The van der Waals surface area contributed by atoms with Crippen LogP contribution in [-0.2, 0) is 10.1 Å². The van der Waals surface area contributed by atoms with E-state index in [0.717, 1.165) is 32.2 Å². The smallest absolute Gasteiger partial charge is 0.264 e. The van der Waals surface area contributed by atoms with Gasteiger partial charge in [-0.1, -0.05) is 78.1 Å². The molecule has 1 atom stereocenters. The van der Waals surface area contributed by atoms with Gasteiger partial charge in [0, 0.05) is 6.04 Å². The molecule has 2 N–H and O–H groups in total. The molecule has 0 spiro atoms. The normalized spacial score (nSPS) is 13.3. The fraction of sp³-hybridized carbons (Fsp3) is 1.00. The summed E-state index contributed by atoms with van der Waals surface area (Å²) in [5.41, 5.74) is 0. The predicted molar refractivity (Wildman–Crippen MR) is 99.6 cm³/mol. The van der Waals surface area contributed by atoms with Crippen LogP contribution in [0.3, 0.4) is 0 Å². The highest BCUT2D eigenvalue weighted by Crippen LogP contribution is 2.13. The summed E-state index contributed by atoms with van der Waals surface area (Å²) in [6.45, 7) is 5.33. The van der Waals surface area contributed by atoms with Gasteiger partial charge in [0.1, 0.15) is 0 Å². The third-order valence-electron chi connectivity index (χ3n) is 4.34. The first kappa shape index (κ1) is 22.9. The van der Waals surface area contributed by atoms with Crippen molar-refractivity contribution in [1.82, 2.24) is 5.32 Å². The average molecular weight is 350 g/mol.